The highest BCUT2D eigenvalue weighted by Gasteiger charge is 2.33. The van der Waals surface area contributed by atoms with E-state index in [1.54, 1.807) is 7.05 Å². The highest BCUT2D eigenvalue weighted by molar-refractivity contribution is 5.05. The predicted octanol–water partition coefficient (Wildman–Crippen LogP) is 1.23. The summed E-state index contributed by atoms with van der Waals surface area (Å²) in [7, 11) is 1.75. The average molecular weight is 205 g/mol. The minimum absolute atomic E-state index is 0.235. The molecule has 1 aromatic rings. The van der Waals surface area contributed by atoms with Crippen LogP contribution in [0.1, 0.15) is 37.9 Å². The second-order valence-corrected chi connectivity index (χ2v) is 4.32. The molecule has 80 valence electrons. The minimum Gasteiger partial charge on any atom is -0.198 e. The third-order valence-corrected chi connectivity index (χ3v) is 3.09. The van der Waals surface area contributed by atoms with Crippen LogP contribution in [0.3, 0.4) is 0 Å². The fourth-order valence-corrected chi connectivity index (χ4v) is 2.25. The first-order valence-corrected chi connectivity index (χ1v) is 5.38. The molecule has 0 bridgehead atoms. The molecule has 0 saturated heterocycles. The molecule has 5 nitrogen and oxygen atoms in total. The zero-order valence-electron chi connectivity index (χ0n) is 8.98. The molecule has 0 radical (unpaired) electrons. The summed E-state index contributed by atoms with van der Waals surface area (Å²) in [6.07, 6.45) is 6.14. The lowest BCUT2D eigenvalue weighted by molar-refractivity contribution is 0.261. The van der Waals surface area contributed by atoms with Crippen molar-refractivity contribution in [2.24, 2.45) is 12.5 Å². The molecule has 0 spiro atoms. The molecular weight excluding hydrogens is 190 g/mol. The summed E-state index contributed by atoms with van der Waals surface area (Å²) in [6.45, 7) is 0. The molecule has 1 saturated carbocycles. The molecule has 1 heterocycles. The normalized spacial score (nSPS) is 19.7. The number of aromatic nitrogens is 4. The van der Waals surface area contributed by atoms with Gasteiger partial charge in [0, 0.05) is 6.42 Å². The molecule has 0 unspecified atom stereocenters. The zero-order chi connectivity index (χ0) is 10.7. The Labute approximate surface area is 89.1 Å². The van der Waals surface area contributed by atoms with Crippen molar-refractivity contribution in [3.63, 3.8) is 0 Å². The van der Waals surface area contributed by atoms with Gasteiger partial charge in [0.15, 0.2) is 5.82 Å². The third kappa shape index (κ3) is 2.14. The molecule has 1 aliphatic rings. The second-order valence-electron chi connectivity index (χ2n) is 4.32. The Morgan fingerprint density at radius 2 is 2.13 bits per heavy atom. The Morgan fingerprint density at radius 1 is 1.40 bits per heavy atom. The van der Waals surface area contributed by atoms with Crippen molar-refractivity contribution in [2.75, 3.05) is 0 Å². The Kier molecular flexibility index (Phi) is 2.67. The summed E-state index contributed by atoms with van der Waals surface area (Å²) in [5.74, 6) is 0.695. The van der Waals surface area contributed by atoms with Gasteiger partial charge in [-0.1, -0.05) is 19.3 Å². The number of nitrogens with zero attached hydrogens (tertiary/aromatic N) is 5. The van der Waals surface area contributed by atoms with Gasteiger partial charge in [-0.15, -0.1) is 10.2 Å². The van der Waals surface area contributed by atoms with Gasteiger partial charge in [-0.3, -0.25) is 0 Å². The first kappa shape index (κ1) is 10.1. The SMILES string of the molecule is Cn1nnc(CC2(C#N)CCCCC2)n1. The smallest absolute Gasteiger partial charge is 0.176 e. The van der Waals surface area contributed by atoms with E-state index >= 15 is 0 Å². The molecule has 0 aliphatic heterocycles. The average Bonchev–Trinajstić information content (AvgIpc) is 2.65. The molecule has 15 heavy (non-hydrogen) atoms. The fourth-order valence-electron chi connectivity index (χ4n) is 2.25. The summed E-state index contributed by atoms with van der Waals surface area (Å²) >= 11 is 0. The van der Waals surface area contributed by atoms with Gasteiger partial charge in [0.2, 0.25) is 0 Å². The van der Waals surface area contributed by atoms with E-state index in [0.29, 0.717) is 12.2 Å². The minimum atomic E-state index is -0.235. The Morgan fingerprint density at radius 3 is 2.67 bits per heavy atom. The molecule has 0 atom stereocenters. The van der Waals surface area contributed by atoms with Gasteiger partial charge in [0.05, 0.1) is 18.5 Å². The second kappa shape index (κ2) is 3.97. The monoisotopic (exact) mass is 205 g/mol. The van der Waals surface area contributed by atoms with Crippen molar-refractivity contribution < 1.29 is 0 Å². The molecule has 0 aromatic carbocycles. The topological polar surface area (TPSA) is 67.4 Å². The van der Waals surface area contributed by atoms with Crippen LogP contribution in [0.4, 0.5) is 0 Å². The lowest BCUT2D eigenvalue weighted by Crippen LogP contribution is -2.25. The number of rotatable bonds is 2. The third-order valence-electron chi connectivity index (χ3n) is 3.09. The van der Waals surface area contributed by atoms with E-state index < -0.39 is 0 Å². The lowest BCUT2D eigenvalue weighted by Gasteiger charge is -2.29. The van der Waals surface area contributed by atoms with Crippen LogP contribution >= 0.6 is 0 Å². The van der Waals surface area contributed by atoms with Crippen molar-refractivity contribution >= 4 is 0 Å². The Hall–Kier alpha value is -1.44. The van der Waals surface area contributed by atoms with Crippen LogP contribution in [0.5, 0.6) is 0 Å². The number of tetrazole rings is 1. The summed E-state index contributed by atoms with van der Waals surface area (Å²) in [5, 5.41) is 21.2. The van der Waals surface area contributed by atoms with Crippen LogP contribution in [-0.2, 0) is 13.5 Å². The number of hydrogen-bond acceptors (Lipinski definition) is 4. The highest BCUT2D eigenvalue weighted by atomic mass is 15.6. The van der Waals surface area contributed by atoms with E-state index in [2.05, 4.69) is 21.5 Å². The first-order valence-electron chi connectivity index (χ1n) is 5.38. The van der Waals surface area contributed by atoms with E-state index in [9.17, 15) is 5.26 Å². The van der Waals surface area contributed by atoms with Gasteiger partial charge in [0.25, 0.3) is 0 Å². The molecule has 5 heteroatoms. The van der Waals surface area contributed by atoms with Gasteiger partial charge in [0.1, 0.15) is 0 Å². The summed E-state index contributed by atoms with van der Waals surface area (Å²) in [4.78, 5) is 1.45. The van der Waals surface area contributed by atoms with Crippen LogP contribution in [0.2, 0.25) is 0 Å². The maximum Gasteiger partial charge on any atom is 0.176 e. The van der Waals surface area contributed by atoms with Crippen molar-refractivity contribution in [3.8, 4) is 6.07 Å². The van der Waals surface area contributed by atoms with Gasteiger partial charge in [-0.2, -0.15) is 10.1 Å². The number of aryl methyl sites for hydroxylation is 1. The van der Waals surface area contributed by atoms with Crippen LogP contribution in [0.15, 0.2) is 0 Å². The Bertz CT molecular complexity index is 369. The maximum atomic E-state index is 9.28. The largest absolute Gasteiger partial charge is 0.198 e. The molecular formula is C10H15N5. The summed E-state index contributed by atoms with van der Waals surface area (Å²) in [6, 6.07) is 2.46. The molecule has 1 aliphatic carbocycles. The molecule has 1 fully saturated rings. The van der Waals surface area contributed by atoms with E-state index in [1.807, 2.05) is 0 Å². The van der Waals surface area contributed by atoms with Gasteiger partial charge in [-0.05, 0) is 18.1 Å². The van der Waals surface area contributed by atoms with Crippen molar-refractivity contribution in [2.45, 2.75) is 38.5 Å². The molecule has 1 aromatic heterocycles. The quantitative estimate of drug-likeness (QED) is 0.728. The van der Waals surface area contributed by atoms with E-state index in [-0.39, 0.29) is 5.41 Å². The summed E-state index contributed by atoms with van der Waals surface area (Å²) < 4.78 is 0. The van der Waals surface area contributed by atoms with Crippen LogP contribution in [0.25, 0.3) is 0 Å². The number of nitriles is 1. The lowest BCUT2D eigenvalue weighted by atomic mass is 9.73. The molecule has 0 amide bonds. The van der Waals surface area contributed by atoms with Gasteiger partial charge < -0.3 is 0 Å². The van der Waals surface area contributed by atoms with E-state index in [1.165, 1.54) is 11.2 Å². The summed E-state index contributed by atoms with van der Waals surface area (Å²) in [5.41, 5.74) is -0.235. The van der Waals surface area contributed by atoms with Crippen LogP contribution in [0, 0.1) is 16.7 Å². The maximum absolute atomic E-state index is 9.28. The van der Waals surface area contributed by atoms with Gasteiger partial charge >= 0.3 is 0 Å². The Balaban J connectivity index is 2.11. The molecule has 0 N–H and O–H groups in total. The highest BCUT2D eigenvalue weighted by Crippen LogP contribution is 2.37. The fraction of sp³-hybridized carbons (Fsp3) is 0.800. The van der Waals surface area contributed by atoms with Crippen molar-refractivity contribution in [1.82, 2.24) is 20.2 Å². The van der Waals surface area contributed by atoms with E-state index in [4.69, 9.17) is 0 Å². The standard InChI is InChI=1S/C10H15N5/c1-15-13-9(12-14-15)7-10(8-11)5-3-2-4-6-10/h2-7H2,1H3. The van der Waals surface area contributed by atoms with Crippen molar-refractivity contribution in [1.29, 1.82) is 5.26 Å². The van der Waals surface area contributed by atoms with Crippen LogP contribution < -0.4 is 0 Å². The van der Waals surface area contributed by atoms with E-state index in [0.717, 1.165) is 25.7 Å². The molecule has 2 rings (SSSR count). The predicted molar refractivity (Wildman–Crippen MR) is 53.6 cm³/mol. The first-order chi connectivity index (χ1) is 7.24. The number of hydrogen-bond donors (Lipinski definition) is 0. The zero-order valence-corrected chi connectivity index (χ0v) is 8.98. The van der Waals surface area contributed by atoms with Crippen LogP contribution in [-0.4, -0.2) is 20.2 Å². The van der Waals surface area contributed by atoms with Gasteiger partial charge in [-0.25, -0.2) is 0 Å². The van der Waals surface area contributed by atoms with Crippen molar-refractivity contribution in [3.05, 3.63) is 5.82 Å².